The van der Waals surface area contributed by atoms with Gasteiger partial charge in [-0.15, -0.1) is 0 Å². The zero-order valence-corrected chi connectivity index (χ0v) is 13.8. The highest BCUT2D eigenvalue weighted by atomic mass is 15.3. The third kappa shape index (κ3) is 2.24. The van der Waals surface area contributed by atoms with Gasteiger partial charge < -0.3 is 5.73 Å². The Morgan fingerprint density at radius 1 is 1.19 bits per heavy atom. The molecule has 0 aromatic heterocycles. The van der Waals surface area contributed by atoms with E-state index in [2.05, 4.69) is 49.9 Å². The quantitative estimate of drug-likeness (QED) is 0.910. The van der Waals surface area contributed by atoms with Crippen molar-refractivity contribution in [1.82, 2.24) is 4.90 Å². The minimum absolute atomic E-state index is 0.0691. The van der Waals surface area contributed by atoms with E-state index in [9.17, 15) is 0 Å². The van der Waals surface area contributed by atoms with Crippen molar-refractivity contribution in [3.63, 3.8) is 0 Å². The van der Waals surface area contributed by atoms with Crippen LogP contribution in [0.4, 0.5) is 0 Å². The van der Waals surface area contributed by atoms with Gasteiger partial charge in [0.05, 0.1) is 5.54 Å². The molecular formula is C19H30N2. The van der Waals surface area contributed by atoms with Crippen molar-refractivity contribution in [2.75, 3.05) is 6.54 Å². The molecule has 0 radical (unpaired) electrons. The number of nitrogens with two attached hydrogens (primary N) is 1. The Labute approximate surface area is 129 Å². The minimum atomic E-state index is 0.0691. The summed E-state index contributed by atoms with van der Waals surface area (Å²) in [6, 6.07) is 10.4. The molecule has 4 unspecified atom stereocenters. The van der Waals surface area contributed by atoms with Gasteiger partial charge >= 0.3 is 0 Å². The summed E-state index contributed by atoms with van der Waals surface area (Å²) in [7, 11) is 0. The van der Waals surface area contributed by atoms with Gasteiger partial charge in [-0.05, 0) is 56.1 Å². The molecule has 4 atom stereocenters. The van der Waals surface area contributed by atoms with Crippen molar-refractivity contribution >= 4 is 0 Å². The average molecular weight is 286 g/mol. The van der Waals surface area contributed by atoms with Gasteiger partial charge in [0.2, 0.25) is 0 Å². The first-order valence-corrected chi connectivity index (χ1v) is 8.72. The molecule has 2 N–H and O–H groups in total. The van der Waals surface area contributed by atoms with E-state index in [0.29, 0.717) is 18.0 Å². The molecule has 1 aliphatic carbocycles. The van der Waals surface area contributed by atoms with Crippen LogP contribution in [0.2, 0.25) is 0 Å². The summed E-state index contributed by atoms with van der Waals surface area (Å²) < 4.78 is 0. The summed E-state index contributed by atoms with van der Waals surface area (Å²) in [6.07, 6.45) is 6.36. The number of rotatable bonds is 3. The Hall–Kier alpha value is -0.860. The second-order valence-electron chi connectivity index (χ2n) is 7.16. The van der Waals surface area contributed by atoms with Gasteiger partial charge in [0.1, 0.15) is 0 Å². The number of nitrogens with zero attached hydrogens (tertiary/aromatic N) is 1. The standard InChI is InChI=1S/C19H30N2/c1-4-16-10-9-15(3)21(16)19(13-20)12-11-14(2)17-7-5-6-8-18(17)19/h5-8,14-16H,4,9-13,20H2,1-3H3. The smallest absolute Gasteiger partial charge is 0.0591 e. The lowest BCUT2D eigenvalue weighted by molar-refractivity contribution is 0.0262. The maximum atomic E-state index is 6.42. The lowest BCUT2D eigenvalue weighted by Gasteiger charge is -2.51. The molecule has 3 rings (SSSR count). The Balaban J connectivity index is 2.11. The highest BCUT2D eigenvalue weighted by molar-refractivity contribution is 5.39. The van der Waals surface area contributed by atoms with Gasteiger partial charge in [-0.25, -0.2) is 0 Å². The molecule has 1 aromatic rings. The van der Waals surface area contributed by atoms with Crippen LogP contribution in [0, 0.1) is 0 Å². The molecule has 1 saturated heterocycles. The maximum Gasteiger partial charge on any atom is 0.0591 e. The number of hydrogen-bond donors (Lipinski definition) is 1. The van der Waals surface area contributed by atoms with E-state index in [0.717, 1.165) is 6.54 Å². The highest BCUT2D eigenvalue weighted by Crippen LogP contribution is 2.48. The van der Waals surface area contributed by atoms with Gasteiger partial charge in [-0.1, -0.05) is 38.1 Å². The molecule has 2 aliphatic rings. The number of fused-ring (bicyclic) bond motifs is 1. The Kier molecular flexibility index (Phi) is 4.11. The molecule has 0 amide bonds. The maximum absolute atomic E-state index is 6.42. The van der Waals surface area contributed by atoms with Crippen LogP contribution in [0.5, 0.6) is 0 Å². The van der Waals surface area contributed by atoms with E-state index >= 15 is 0 Å². The first-order valence-electron chi connectivity index (χ1n) is 8.72. The second kappa shape index (κ2) is 5.73. The van der Waals surface area contributed by atoms with Gasteiger partial charge in [-0.2, -0.15) is 0 Å². The molecule has 0 spiro atoms. The molecule has 0 saturated carbocycles. The van der Waals surface area contributed by atoms with E-state index in [1.54, 1.807) is 0 Å². The molecular weight excluding hydrogens is 256 g/mol. The third-order valence-corrected chi connectivity index (χ3v) is 6.07. The van der Waals surface area contributed by atoms with E-state index in [1.807, 2.05) is 0 Å². The van der Waals surface area contributed by atoms with Crippen LogP contribution in [0.1, 0.15) is 69.9 Å². The summed E-state index contributed by atoms with van der Waals surface area (Å²) in [6.45, 7) is 7.84. The number of hydrogen-bond acceptors (Lipinski definition) is 2. The summed E-state index contributed by atoms with van der Waals surface area (Å²) in [4.78, 5) is 2.79. The van der Waals surface area contributed by atoms with E-state index in [4.69, 9.17) is 5.73 Å². The van der Waals surface area contributed by atoms with Crippen LogP contribution < -0.4 is 5.73 Å². The van der Waals surface area contributed by atoms with Crippen molar-refractivity contribution in [3.05, 3.63) is 35.4 Å². The Morgan fingerprint density at radius 2 is 1.95 bits per heavy atom. The first kappa shape index (κ1) is 15.1. The van der Waals surface area contributed by atoms with Crippen molar-refractivity contribution < 1.29 is 0 Å². The van der Waals surface area contributed by atoms with E-state index in [1.165, 1.54) is 43.2 Å². The lowest BCUT2D eigenvalue weighted by Crippen LogP contribution is -2.57. The van der Waals surface area contributed by atoms with Crippen molar-refractivity contribution in [3.8, 4) is 0 Å². The van der Waals surface area contributed by atoms with Crippen molar-refractivity contribution in [2.24, 2.45) is 5.73 Å². The van der Waals surface area contributed by atoms with Crippen LogP contribution in [0.3, 0.4) is 0 Å². The van der Waals surface area contributed by atoms with Crippen LogP contribution in [-0.2, 0) is 5.54 Å². The fraction of sp³-hybridized carbons (Fsp3) is 0.684. The van der Waals surface area contributed by atoms with Crippen LogP contribution in [0.25, 0.3) is 0 Å². The molecule has 1 heterocycles. The molecule has 0 bridgehead atoms. The van der Waals surface area contributed by atoms with Crippen LogP contribution in [0.15, 0.2) is 24.3 Å². The monoisotopic (exact) mass is 286 g/mol. The van der Waals surface area contributed by atoms with Crippen molar-refractivity contribution in [2.45, 2.75) is 76.4 Å². The zero-order valence-electron chi connectivity index (χ0n) is 13.8. The molecule has 1 aromatic carbocycles. The summed E-state index contributed by atoms with van der Waals surface area (Å²) in [5, 5.41) is 0. The zero-order chi connectivity index (χ0) is 15.0. The van der Waals surface area contributed by atoms with Gasteiger partial charge in [0.25, 0.3) is 0 Å². The van der Waals surface area contributed by atoms with Crippen molar-refractivity contribution in [1.29, 1.82) is 0 Å². The largest absolute Gasteiger partial charge is 0.328 e. The van der Waals surface area contributed by atoms with Gasteiger partial charge in [0.15, 0.2) is 0 Å². The molecule has 21 heavy (non-hydrogen) atoms. The van der Waals surface area contributed by atoms with Crippen LogP contribution >= 0.6 is 0 Å². The summed E-state index contributed by atoms with van der Waals surface area (Å²) in [5.41, 5.74) is 9.53. The highest BCUT2D eigenvalue weighted by Gasteiger charge is 2.48. The summed E-state index contributed by atoms with van der Waals surface area (Å²) in [5.74, 6) is 0.666. The fourth-order valence-electron chi connectivity index (χ4n) is 4.93. The van der Waals surface area contributed by atoms with E-state index < -0.39 is 0 Å². The average Bonchev–Trinajstić information content (AvgIpc) is 2.90. The third-order valence-electron chi connectivity index (χ3n) is 6.07. The fourth-order valence-corrected chi connectivity index (χ4v) is 4.93. The lowest BCUT2D eigenvalue weighted by atomic mass is 9.70. The van der Waals surface area contributed by atoms with E-state index in [-0.39, 0.29) is 5.54 Å². The predicted molar refractivity (Wildman–Crippen MR) is 89.4 cm³/mol. The van der Waals surface area contributed by atoms with Crippen LogP contribution in [-0.4, -0.2) is 23.5 Å². The predicted octanol–water partition coefficient (Wildman–Crippen LogP) is 4.00. The SMILES string of the molecule is CCC1CCC(C)N1C1(CN)CCC(C)c2ccccc21. The first-order chi connectivity index (χ1) is 10.1. The molecule has 116 valence electrons. The molecule has 2 heteroatoms. The summed E-state index contributed by atoms with van der Waals surface area (Å²) >= 11 is 0. The Morgan fingerprint density at radius 3 is 2.67 bits per heavy atom. The molecule has 2 nitrogen and oxygen atoms in total. The van der Waals surface area contributed by atoms with Gasteiger partial charge in [-0.3, -0.25) is 4.90 Å². The Bertz CT molecular complexity index is 498. The van der Waals surface area contributed by atoms with Gasteiger partial charge in [0, 0.05) is 18.6 Å². The second-order valence-corrected chi connectivity index (χ2v) is 7.16. The number of benzene rings is 1. The normalized spacial score (nSPS) is 36.7. The topological polar surface area (TPSA) is 29.3 Å². The minimum Gasteiger partial charge on any atom is -0.328 e. The molecule has 1 fully saturated rings. The number of likely N-dealkylation sites (tertiary alicyclic amines) is 1. The molecule has 1 aliphatic heterocycles.